The van der Waals surface area contributed by atoms with Crippen LogP contribution in [0.2, 0.25) is 0 Å². The summed E-state index contributed by atoms with van der Waals surface area (Å²) in [5.41, 5.74) is 0.638. The maximum absolute atomic E-state index is 13.0. The van der Waals surface area contributed by atoms with Gasteiger partial charge in [-0.1, -0.05) is 52.9 Å². The summed E-state index contributed by atoms with van der Waals surface area (Å²) in [6.07, 6.45) is 8.46. The molecule has 1 aromatic carbocycles. The number of ether oxygens (including phenoxy) is 3. The Morgan fingerprint density at radius 2 is 1.38 bits per heavy atom. The summed E-state index contributed by atoms with van der Waals surface area (Å²) in [7, 11) is 1.78. The molecule has 0 radical (unpaired) electrons. The zero-order chi connectivity index (χ0) is 21.1. The van der Waals surface area contributed by atoms with Gasteiger partial charge in [-0.05, 0) is 31.4 Å². The average molecular weight is 404 g/mol. The Labute approximate surface area is 175 Å². The molecule has 0 atom stereocenters. The molecule has 0 amide bonds. The first kappa shape index (κ1) is 23.1. The van der Waals surface area contributed by atoms with Crippen LogP contribution in [0.3, 0.4) is 0 Å². The first-order chi connectivity index (χ1) is 14.1. The highest BCUT2D eigenvalue weighted by Gasteiger charge is 2.19. The van der Waals surface area contributed by atoms with E-state index in [1.807, 2.05) is 18.2 Å². The molecule has 0 aliphatic carbocycles. The highest BCUT2D eigenvalue weighted by molar-refractivity contribution is 5.89. The molecule has 0 unspecified atom stereocenters. The topological polar surface area (TPSA) is 49.7 Å². The normalized spacial score (nSPS) is 11.0. The first-order valence-corrected chi connectivity index (χ1v) is 11.2. The minimum Gasteiger partial charge on any atom is -0.494 e. The third-order valence-electron chi connectivity index (χ3n) is 5.04. The minimum absolute atomic E-state index is 0.162. The molecule has 162 valence electrons. The zero-order valence-electron chi connectivity index (χ0n) is 18.6. The Kier molecular flexibility index (Phi) is 9.89. The Morgan fingerprint density at radius 1 is 0.759 bits per heavy atom. The van der Waals surface area contributed by atoms with Gasteiger partial charge >= 0.3 is 0 Å². The molecular formula is C24H37NO4. The molecule has 5 nitrogen and oxygen atoms in total. The van der Waals surface area contributed by atoms with Gasteiger partial charge in [0.05, 0.1) is 25.3 Å². The molecule has 0 bridgehead atoms. The molecule has 0 saturated heterocycles. The number of hydrogen-bond acceptors (Lipinski definition) is 4. The fourth-order valence-corrected chi connectivity index (χ4v) is 3.18. The Morgan fingerprint density at radius 3 is 2.07 bits per heavy atom. The number of fused-ring (bicyclic) bond motifs is 1. The third kappa shape index (κ3) is 6.41. The summed E-state index contributed by atoms with van der Waals surface area (Å²) in [5, 5.41) is 0.884. The Bertz CT molecular complexity index is 813. The van der Waals surface area contributed by atoms with E-state index in [-0.39, 0.29) is 5.56 Å². The lowest BCUT2D eigenvalue weighted by Crippen LogP contribution is -2.21. The zero-order valence-corrected chi connectivity index (χ0v) is 18.6. The fourth-order valence-electron chi connectivity index (χ4n) is 3.18. The summed E-state index contributed by atoms with van der Waals surface area (Å²) >= 11 is 0. The number of unbranched alkanes of at least 4 members (excludes halogenated alkanes) is 5. The van der Waals surface area contributed by atoms with Crippen molar-refractivity contribution in [3.8, 4) is 17.2 Å². The van der Waals surface area contributed by atoms with Crippen molar-refractivity contribution in [1.29, 1.82) is 0 Å². The molecule has 1 heterocycles. The monoisotopic (exact) mass is 403 g/mol. The number of aryl methyl sites for hydroxylation is 1. The van der Waals surface area contributed by atoms with Crippen LogP contribution < -0.4 is 19.8 Å². The fraction of sp³-hybridized carbons (Fsp3) is 0.625. The summed E-state index contributed by atoms with van der Waals surface area (Å²) in [5.74, 6) is 1.66. The molecule has 29 heavy (non-hydrogen) atoms. The van der Waals surface area contributed by atoms with Gasteiger partial charge in [0.2, 0.25) is 5.75 Å². The number of rotatable bonds is 14. The molecule has 2 rings (SSSR count). The van der Waals surface area contributed by atoms with Crippen molar-refractivity contribution in [3.05, 3.63) is 28.6 Å². The summed E-state index contributed by atoms with van der Waals surface area (Å²) in [4.78, 5) is 13.0. The van der Waals surface area contributed by atoms with E-state index in [0.717, 1.165) is 55.2 Å². The van der Waals surface area contributed by atoms with E-state index in [1.54, 1.807) is 11.6 Å². The Hall–Kier alpha value is -2.17. The van der Waals surface area contributed by atoms with Crippen molar-refractivity contribution in [3.63, 3.8) is 0 Å². The van der Waals surface area contributed by atoms with Crippen LogP contribution in [0.15, 0.2) is 23.0 Å². The van der Waals surface area contributed by atoms with Crippen molar-refractivity contribution in [2.24, 2.45) is 7.05 Å². The molecule has 5 heteroatoms. The number of hydrogen-bond donors (Lipinski definition) is 0. The van der Waals surface area contributed by atoms with Gasteiger partial charge in [0.15, 0.2) is 5.75 Å². The molecule has 0 fully saturated rings. The van der Waals surface area contributed by atoms with Crippen molar-refractivity contribution in [1.82, 2.24) is 4.57 Å². The average Bonchev–Trinajstić information content (AvgIpc) is 2.73. The van der Waals surface area contributed by atoms with E-state index in [1.165, 1.54) is 12.8 Å². The van der Waals surface area contributed by atoms with Crippen molar-refractivity contribution in [2.45, 2.75) is 72.1 Å². The van der Waals surface area contributed by atoms with E-state index in [9.17, 15) is 4.79 Å². The van der Waals surface area contributed by atoms with Gasteiger partial charge < -0.3 is 18.8 Å². The highest BCUT2D eigenvalue weighted by Crippen LogP contribution is 2.34. The maximum Gasteiger partial charge on any atom is 0.297 e. The molecule has 0 aliphatic rings. The lowest BCUT2D eigenvalue weighted by Gasteiger charge is -2.17. The molecule has 0 N–H and O–H groups in total. The van der Waals surface area contributed by atoms with Crippen LogP contribution in [-0.4, -0.2) is 24.4 Å². The number of benzene rings is 1. The van der Waals surface area contributed by atoms with Gasteiger partial charge in [0.25, 0.3) is 5.56 Å². The second kappa shape index (κ2) is 12.4. The molecule has 0 saturated carbocycles. The molecular weight excluding hydrogens is 366 g/mol. The van der Waals surface area contributed by atoms with Crippen LogP contribution in [0.25, 0.3) is 10.9 Å². The lowest BCUT2D eigenvalue weighted by atomic mass is 10.1. The van der Waals surface area contributed by atoms with Crippen molar-refractivity contribution in [2.75, 3.05) is 19.8 Å². The van der Waals surface area contributed by atoms with Gasteiger partial charge in [0, 0.05) is 18.5 Å². The van der Waals surface area contributed by atoms with E-state index in [0.29, 0.717) is 31.3 Å². The highest BCUT2D eigenvalue weighted by atomic mass is 16.5. The number of aromatic nitrogens is 1. The van der Waals surface area contributed by atoms with Gasteiger partial charge in [-0.25, -0.2) is 0 Å². The van der Waals surface area contributed by atoms with Crippen LogP contribution in [0.4, 0.5) is 0 Å². The minimum atomic E-state index is -0.162. The first-order valence-electron chi connectivity index (χ1n) is 11.2. The van der Waals surface area contributed by atoms with Crippen LogP contribution in [-0.2, 0) is 7.05 Å². The molecule has 0 aliphatic heterocycles. The third-order valence-corrected chi connectivity index (χ3v) is 5.04. The maximum atomic E-state index is 13.0. The van der Waals surface area contributed by atoms with Gasteiger partial charge in [-0.3, -0.25) is 4.79 Å². The molecule has 1 aromatic heterocycles. The summed E-state index contributed by atoms with van der Waals surface area (Å²) in [6, 6.07) is 5.84. The van der Waals surface area contributed by atoms with E-state index in [2.05, 4.69) is 20.8 Å². The SMILES string of the molecule is CCCCCCOc1c(OCCCC)c2ccc(OCCCC)cc2n(C)c1=O. The van der Waals surface area contributed by atoms with Crippen molar-refractivity contribution >= 4 is 10.9 Å². The standard InChI is InChI=1S/C24H37NO4/c1-5-8-11-12-17-29-23-22(28-16-10-7-3)20-14-13-19(27-15-9-6-2)18-21(20)25(4)24(23)26/h13-14,18H,5-12,15-17H2,1-4H3. The molecule has 2 aromatic rings. The van der Waals surface area contributed by atoms with Crippen LogP contribution in [0, 0.1) is 0 Å². The number of pyridine rings is 1. The van der Waals surface area contributed by atoms with Crippen molar-refractivity contribution < 1.29 is 14.2 Å². The number of nitrogens with zero attached hydrogens (tertiary/aromatic N) is 1. The second-order valence-corrected chi connectivity index (χ2v) is 7.51. The van der Waals surface area contributed by atoms with Gasteiger partial charge in [0.1, 0.15) is 5.75 Å². The summed E-state index contributed by atoms with van der Waals surface area (Å²) in [6.45, 7) is 8.21. The van der Waals surface area contributed by atoms with E-state index < -0.39 is 0 Å². The Balaban J connectivity index is 2.36. The van der Waals surface area contributed by atoms with Crippen LogP contribution in [0.5, 0.6) is 17.2 Å². The predicted molar refractivity (Wildman–Crippen MR) is 120 cm³/mol. The largest absolute Gasteiger partial charge is 0.494 e. The van der Waals surface area contributed by atoms with Gasteiger partial charge in [-0.15, -0.1) is 0 Å². The van der Waals surface area contributed by atoms with Crippen LogP contribution in [0.1, 0.15) is 72.1 Å². The quantitative estimate of drug-likeness (QED) is 0.371. The lowest BCUT2D eigenvalue weighted by molar-refractivity contribution is 0.258. The van der Waals surface area contributed by atoms with Crippen LogP contribution >= 0.6 is 0 Å². The smallest absolute Gasteiger partial charge is 0.297 e. The molecule has 0 spiro atoms. The van der Waals surface area contributed by atoms with E-state index in [4.69, 9.17) is 14.2 Å². The predicted octanol–water partition coefficient (Wildman–Crippen LogP) is 5.86. The second-order valence-electron chi connectivity index (χ2n) is 7.51. The van der Waals surface area contributed by atoms with E-state index >= 15 is 0 Å². The van der Waals surface area contributed by atoms with Gasteiger partial charge in [-0.2, -0.15) is 0 Å². The summed E-state index contributed by atoms with van der Waals surface area (Å²) < 4.78 is 19.5.